The van der Waals surface area contributed by atoms with Crippen LogP contribution in [-0.2, 0) is 28.7 Å². The third-order valence-electron chi connectivity index (χ3n) is 2.26. The Morgan fingerprint density at radius 3 is 2.19 bits per heavy atom. The largest absolute Gasteiger partial charge is 0.466 e. The van der Waals surface area contributed by atoms with Crippen LogP contribution in [0.25, 0.3) is 0 Å². The minimum absolute atomic E-state index is 0.00257. The van der Waals surface area contributed by atoms with Gasteiger partial charge in [-0.2, -0.15) is 0 Å². The summed E-state index contributed by atoms with van der Waals surface area (Å²) in [5.41, 5.74) is 3.36. The van der Waals surface area contributed by atoms with Crippen LogP contribution in [0.15, 0.2) is 0 Å². The highest BCUT2D eigenvalue weighted by Crippen LogP contribution is 1.99. The molecule has 120 valence electrons. The molecule has 9 nitrogen and oxygen atoms in total. The second-order valence-electron chi connectivity index (χ2n) is 3.91. The normalized spacial score (nSPS) is 11.2. The number of esters is 2. The lowest BCUT2D eigenvalue weighted by molar-refractivity contribution is -0.355. The van der Waals surface area contributed by atoms with Crippen molar-refractivity contribution >= 4 is 23.8 Å². The first kappa shape index (κ1) is 18.8. The Morgan fingerprint density at radius 2 is 1.67 bits per heavy atom. The van der Waals surface area contributed by atoms with E-state index in [1.54, 1.807) is 13.8 Å². The van der Waals surface area contributed by atoms with Gasteiger partial charge in [-0.15, -0.1) is 0 Å². The first-order valence-corrected chi connectivity index (χ1v) is 6.62. The van der Waals surface area contributed by atoms with Crippen LogP contribution in [0.3, 0.4) is 0 Å². The Balaban J connectivity index is 4.51. The molecule has 0 spiro atoms. The SMILES string of the molecule is CCOC(=O)CC(NC(=O)CNC(=O)C[NH3+])C(=O)OCC. The molecule has 0 aromatic rings. The highest BCUT2D eigenvalue weighted by Gasteiger charge is 2.25. The van der Waals surface area contributed by atoms with Crippen LogP contribution in [0.4, 0.5) is 0 Å². The monoisotopic (exact) mass is 304 g/mol. The molecule has 5 N–H and O–H groups in total. The zero-order valence-corrected chi connectivity index (χ0v) is 12.3. The zero-order valence-electron chi connectivity index (χ0n) is 12.3. The number of carbonyl (C=O) groups is 4. The van der Waals surface area contributed by atoms with Gasteiger partial charge in [0.15, 0.2) is 6.54 Å². The van der Waals surface area contributed by atoms with E-state index in [0.717, 1.165) is 0 Å². The van der Waals surface area contributed by atoms with E-state index in [9.17, 15) is 19.2 Å². The molecule has 9 heteroatoms. The van der Waals surface area contributed by atoms with Gasteiger partial charge in [0.2, 0.25) is 5.91 Å². The second-order valence-corrected chi connectivity index (χ2v) is 3.91. The first-order valence-electron chi connectivity index (χ1n) is 6.62. The predicted octanol–water partition coefficient (Wildman–Crippen LogP) is -2.65. The molecular weight excluding hydrogens is 282 g/mol. The van der Waals surface area contributed by atoms with Crippen molar-refractivity contribution in [3.8, 4) is 0 Å². The number of hydrogen-bond acceptors (Lipinski definition) is 6. The maximum Gasteiger partial charge on any atom is 0.329 e. The van der Waals surface area contributed by atoms with Crippen molar-refractivity contribution in [2.24, 2.45) is 0 Å². The maximum absolute atomic E-state index is 11.7. The molecule has 0 saturated heterocycles. The van der Waals surface area contributed by atoms with Gasteiger partial charge in [-0.1, -0.05) is 0 Å². The Hall–Kier alpha value is -2.16. The molecular formula is C12H22N3O6+. The first-order chi connectivity index (χ1) is 9.94. The molecule has 0 rings (SSSR count). The van der Waals surface area contributed by atoms with Crippen molar-refractivity contribution in [1.82, 2.24) is 10.6 Å². The number of amides is 2. The molecule has 0 aromatic carbocycles. The molecule has 21 heavy (non-hydrogen) atoms. The summed E-state index contributed by atoms with van der Waals surface area (Å²) >= 11 is 0. The lowest BCUT2D eigenvalue weighted by Crippen LogP contribution is -2.58. The van der Waals surface area contributed by atoms with Crippen LogP contribution >= 0.6 is 0 Å². The molecule has 0 bridgehead atoms. The van der Waals surface area contributed by atoms with E-state index in [1.807, 2.05) is 0 Å². The van der Waals surface area contributed by atoms with Crippen LogP contribution in [-0.4, -0.2) is 56.1 Å². The van der Waals surface area contributed by atoms with Crippen molar-refractivity contribution in [1.29, 1.82) is 0 Å². The summed E-state index contributed by atoms with van der Waals surface area (Å²) in [4.78, 5) is 45.7. The molecule has 1 unspecified atom stereocenters. The predicted molar refractivity (Wildman–Crippen MR) is 70.6 cm³/mol. The molecule has 0 aliphatic rings. The maximum atomic E-state index is 11.7. The third-order valence-corrected chi connectivity index (χ3v) is 2.26. The number of carbonyl (C=O) groups excluding carboxylic acids is 4. The lowest BCUT2D eigenvalue weighted by atomic mass is 10.2. The quantitative estimate of drug-likeness (QED) is 0.398. The topological polar surface area (TPSA) is 138 Å². The standard InChI is InChI=1S/C12H21N3O6/c1-3-20-11(18)5-8(12(19)21-4-2)15-10(17)7-14-9(16)6-13/h8H,3-7,13H2,1-2H3,(H,14,16)(H,15,17)/p+1. The lowest BCUT2D eigenvalue weighted by Gasteiger charge is -2.16. The van der Waals surface area contributed by atoms with E-state index in [-0.39, 0.29) is 32.7 Å². The van der Waals surface area contributed by atoms with Crippen molar-refractivity contribution in [3.05, 3.63) is 0 Å². The van der Waals surface area contributed by atoms with Gasteiger partial charge in [0.05, 0.1) is 26.2 Å². The van der Waals surface area contributed by atoms with E-state index >= 15 is 0 Å². The molecule has 2 amide bonds. The van der Waals surface area contributed by atoms with Crippen LogP contribution in [0.1, 0.15) is 20.3 Å². The fraction of sp³-hybridized carbons (Fsp3) is 0.667. The average Bonchev–Trinajstić information content (AvgIpc) is 2.44. The van der Waals surface area contributed by atoms with Crippen molar-refractivity contribution < 1.29 is 34.4 Å². The second kappa shape index (κ2) is 10.6. The van der Waals surface area contributed by atoms with E-state index in [0.29, 0.717) is 0 Å². The summed E-state index contributed by atoms with van der Waals surface area (Å²) in [6, 6.07) is -1.15. The summed E-state index contributed by atoms with van der Waals surface area (Å²) in [5, 5.41) is 4.63. The minimum atomic E-state index is -1.15. The summed E-state index contributed by atoms with van der Waals surface area (Å²) < 4.78 is 9.49. The van der Waals surface area contributed by atoms with Gasteiger partial charge in [-0.3, -0.25) is 14.4 Å². The van der Waals surface area contributed by atoms with Gasteiger partial charge in [-0.25, -0.2) is 4.79 Å². The molecule has 0 saturated carbocycles. The van der Waals surface area contributed by atoms with Crippen LogP contribution in [0, 0.1) is 0 Å². The smallest absolute Gasteiger partial charge is 0.329 e. The van der Waals surface area contributed by atoms with E-state index in [1.165, 1.54) is 0 Å². The highest BCUT2D eigenvalue weighted by molar-refractivity contribution is 5.90. The van der Waals surface area contributed by atoms with Crippen molar-refractivity contribution in [2.45, 2.75) is 26.3 Å². The van der Waals surface area contributed by atoms with Gasteiger partial charge in [-0.05, 0) is 13.8 Å². The van der Waals surface area contributed by atoms with Crippen LogP contribution in [0.2, 0.25) is 0 Å². The summed E-state index contributed by atoms with van der Waals surface area (Å²) in [6.07, 6.45) is -0.332. The van der Waals surface area contributed by atoms with Crippen molar-refractivity contribution in [2.75, 3.05) is 26.3 Å². The van der Waals surface area contributed by atoms with Gasteiger partial charge in [0.25, 0.3) is 5.91 Å². The highest BCUT2D eigenvalue weighted by atomic mass is 16.5. The van der Waals surface area contributed by atoms with E-state index in [4.69, 9.17) is 9.47 Å². The van der Waals surface area contributed by atoms with E-state index < -0.39 is 29.8 Å². The number of nitrogens with one attached hydrogen (secondary N) is 2. The number of ether oxygens (including phenoxy) is 2. The van der Waals surface area contributed by atoms with Gasteiger partial charge in [0, 0.05) is 0 Å². The van der Waals surface area contributed by atoms with E-state index in [2.05, 4.69) is 16.4 Å². The fourth-order valence-electron chi connectivity index (χ4n) is 1.34. The van der Waals surface area contributed by atoms with Gasteiger partial charge >= 0.3 is 11.9 Å². The summed E-state index contributed by atoms with van der Waals surface area (Å²) in [7, 11) is 0. The molecule has 0 aromatic heterocycles. The molecule has 0 radical (unpaired) electrons. The fourth-order valence-corrected chi connectivity index (χ4v) is 1.34. The number of hydrogen-bond donors (Lipinski definition) is 3. The zero-order chi connectivity index (χ0) is 16.3. The molecule has 0 aliphatic carbocycles. The molecule has 1 atom stereocenters. The number of quaternary nitrogens is 1. The van der Waals surface area contributed by atoms with Crippen LogP contribution < -0.4 is 16.4 Å². The van der Waals surface area contributed by atoms with Gasteiger partial charge < -0.3 is 25.8 Å². The third kappa shape index (κ3) is 8.58. The summed E-state index contributed by atoms with van der Waals surface area (Å²) in [5.74, 6) is -2.37. The summed E-state index contributed by atoms with van der Waals surface area (Å²) in [6.45, 7) is 3.21. The Bertz CT molecular complexity index is 385. The van der Waals surface area contributed by atoms with Gasteiger partial charge in [0.1, 0.15) is 6.04 Å². The molecule has 0 aliphatic heterocycles. The minimum Gasteiger partial charge on any atom is -0.466 e. The Kier molecular flexibility index (Phi) is 9.52. The average molecular weight is 304 g/mol. The Morgan fingerprint density at radius 1 is 1.05 bits per heavy atom. The Labute approximate surface area is 122 Å². The molecule has 0 heterocycles. The van der Waals surface area contributed by atoms with Crippen molar-refractivity contribution in [3.63, 3.8) is 0 Å². The number of rotatable bonds is 9. The molecule has 0 fully saturated rings. The van der Waals surface area contributed by atoms with Crippen LogP contribution in [0.5, 0.6) is 0 Å².